The highest BCUT2D eigenvalue weighted by atomic mass is 15.3. The molecule has 70 valence electrons. The number of aliphatic imine (C=N–C) groups is 1. The van der Waals surface area contributed by atoms with Crippen LogP contribution in [0, 0.1) is 6.92 Å². The third kappa shape index (κ3) is 2.08. The van der Waals surface area contributed by atoms with E-state index in [0.717, 1.165) is 31.9 Å². The van der Waals surface area contributed by atoms with Gasteiger partial charge in [-0.15, -0.1) is 0 Å². The van der Waals surface area contributed by atoms with Crippen molar-refractivity contribution >= 4 is 5.84 Å². The minimum absolute atomic E-state index is 0.772. The summed E-state index contributed by atoms with van der Waals surface area (Å²) in [4.78, 5) is 4.38. The monoisotopic (exact) mass is 178 g/mol. The van der Waals surface area contributed by atoms with Crippen LogP contribution in [0.5, 0.6) is 0 Å². The Hall–Kier alpha value is -1.32. The van der Waals surface area contributed by atoms with Gasteiger partial charge in [-0.1, -0.05) is 0 Å². The van der Waals surface area contributed by atoms with E-state index in [4.69, 9.17) is 0 Å². The van der Waals surface area contributed by atoms with Gasteiger partial charge in [0.05, 0.1) is 12.7 Å². The molecule has 0 aromatic carbocycles. The van der Waals surface area contributed by atoms with E-state index in [9.17, 15) is 0 Å². The predicted molar refractivity (Wildman–Crippen MR) is 51.9 cm³/mol. The number of aromatic nitrogens is 2. The van der Waals surface area contributed by atoms with E-state index in [1.807, 2.05) is 24.0 Å². The molecule has 0 radical (unpaired) electrons. The molecule has 0 saturated heterocycles. The molecule has 0 unspecified atom stereocenters. The van der Waals surface area contributed by atoms with Gasteiger partial charge in [0, 0.05) is 19.3 Å². The maximum Gasteiger partial charge on any atom is 0.118 e. The van der Waals surface area contributed by atoms with Gasteiger partial charge in [0.2, 0.25) is 0 Å². The molecule has 1 aromatic rings. The Morgan fingerprint density at radius 1 is 1.62 bits per heavy atom. The molecule has 0 fully saturated rings. The second kappa shape index (κ2) is 3.60. The Morgan fingerprint density at radius 3 is 3.15 bits per heavy atom. The van der Waals surface area contributed by atoms with Crippen molar-refractivity contribution in [2.24, 2.45) is 4.99 Å². The van der Waals surface area contributed by atoms with E-state index in [1.54, 1.807) is 0 Å². The highest BCUT2D eigenvalue weighted by Crippen LogP contribution is 1.96. The van der Waals surface area contributed by atoms with Crippen LogP contribution in [0.25, 0.3) is 0 Å². The normalized spacial score (nSPS) is 16.5. The maximum atomic E-state index is 4.38. The highest BCUT2D eigenvalue weighted by molar-refractivity contribution is 5.82. The summed E-state index contributed by atoms with van der Waals surface area (Å²) in [6.07, 6.45) is 5.03. The van der Waals surface area contributed by atoms with Gasteiger partial charge in [-0.3, -0.25) is 9.67 Å². The van der Waals surface area contributed by atoms with Crippen LogP contribution < -0.4 is 5.32 Å². The van der Waals surface area contributed by atoms with Crippen molar-refractivity contribution in [1.29, 1.82) is 0 Å². The minimum atomic E-state index is 0.772. The van der Waals surface area contributed by atoms with E-state index < -0.39 is 0 Å². The molecule has 1 aromatic heterocycles. The fourth-order valence-electron chi connectivity index (χ4n) is 1.39. The van der Waals surface area contributed by atoms with Crippen LogP contribution in [0.3, 0.4) is 0 Å². The number of nitrogens with one attached hydrogen (secondary N) is 1. The second-order valence-electron chi connectivity index (χ2n) is 3.32. The molecule has 2 heterocycles. The largest absolute Gasteiger partial charge is 0.372 e. The maximum absolute atomic E-state index is 4.38. The number of hydrogen-bond donors (Lipinski definition) is 1. The number of aryl methyl sites for hydroxylation is 1. The molecule has 1 aliphatic heterocycles. The number of rotatable bonds is 2. The number of hydrogen-bond acceptors (Lipinski definition) is 3. The van der Waals surface area contributed by atoms with Crippen molar-refractivity contribution in [1.82, 2.24) is 15.1 Å². The van der Waals surface area contributed by atoms with Gasteiger partial charge in [-0.2, -0.15) is 5.10 Å². The molecule has 1 aliphatic rings. The zero-order valence-electron chi connectivity index (χ0n) is 7.82. The van der Waals surface area contributed by atoms with Crippen LogP contribution in [0.1, 0.15) is 12.0 Å². The number of nitrogens with zero attached hydrogens (tertiary/aromatic N) is 3. The third-order valence-electron chi connectivity index (χ3n) is 2.04. The van der Waals surface area contributed by atoms with Crippen molar-refractivity contribution in [3.8, 4) is 0 Å². The lowest BCUT2D eigenvalue weighted by Crippen LogP contribution is -2.32. The van der Waals surface area contributed by atoms with Gasteiger partial charge in [0.1, 0.15) is 5.84 Å². The Labute approximate surface area is 77.7 Å². The van der Waals surface area contributed by atoms with Gasteiger partial charge in [0.15, 0.2) is 0 Å². The lowest BCUT2D eigenvalue weighted by atomic mass is 10.3. The first-order valence-corrected chi connectivity index (χ1v) is 4.61. The quantitative estimate of drug-likeness (QED) is 0.720. The summed E-state index contributed by atoms with van der Waals surface area (Å²) in [5, 5.41) is 7.47. The van der Waals surface area contributed by atoms with Gasteiger partial charge >= 0.3 is 0 Å². The standard InChI is InChI=1S/C9H14N4/c1-8-5-12-13(6-8)7-9-10-3-2-4-11-9/h5-6H,2-4,7H2,1H3,(H,10,11). The van der Waals surface area contributed by atoms with Crippen LogP contribution in [-0.2, 0) is 6.54 Å². The van der Waals surface area contributed by atoms with E-state index in [0.29, 0.717) is 0 Å². The smallest absolute Gasteiger partial charge is 0.118 e. The Kier molecular flexibility index (Phi) is 2.29. The number of amidine groups is 1. The fourth-order valence-corrected chi connectivity index (χ4v) is 1.39. The first-order chi connectivity index (χ1) is 6.34. The summed E-state index contributed by atoms with van der Waals surface area (Å²) in [5.74, 6) is 1.05. The van der Waals surface area contributed by atoms with Gasteiger partial charge in [-0.25, -0.2) is 0 Å². The third-order valence-corrected chi connectivity index (χ3v) is 2.04. The second-order valence-corrected chi connectivity index (χ2v) is 3.32. The van der Waals surface area contributed by atoms with E-state index in [-0.39, 0.29) is 0 Å². The Bertz CT molecular complexity index is 313. The van der Waals surface area contributed by atoms with Crippen molar-refractivity contribution in [3.63, 3.8) is 0 Å². The molecule has 0 aliphatic carbocycles. The first-order valence-electron chi connectivity index (χ1n) is 4.61. The van der Waals surface area contributed by atoms with Crippen LogP contribution in [0.15, 0.2) is 17.4 Å². The molecular weight excluding hydrogens is 164 g/mol. The molecule has 2 rings (SSSR count). The topological polar surface area (TPSA) is 42.2 Å². The summed E-state index contributed by atoms with van der Waals surface area (Å²) >= 11 is 0. The zero-order chi connectivity index (χ0) is 9.10. The summed E-state index contributed by atoms with van der Waals surface area (Å²) in [6.45, 7) is 4.80. The average molecular weight is 178 g/mol. The first kappa shape index (κ1) is 8.29. The molecule has 0 amide bonds. The van der Waals surface area contributed by atoms with E-state index >= 15 is 0 Å². The fraction of sp³-hybridized carbons (Fsp3) is 0.556. The van der Waals surface area contributed by atoms with E-state index in [2.05, 4.69) is 15.4 Å². The van der Waals surface area contributed by atoms with Crippen LogP contribution in [-0.4, -0.2) is 28.7 Å². The lowest BCUT2D eigenvalue weighted by Gasteiger charge is -2.14. The molecular formula is C9H14N4. The molecule has 0 atom stereocenters. The molecule has 0 spiro atoms. The van der Waals surface area contributed by atoms with Crippen molar-refractivity contribution in [2.75, 3.05) is 13.1 Å². The predicted octanol–water partition coefficient (Wildman–Crippen LogP) is 0.583. The molecule has 0 bridgehead atoms. The Balaban J connectivity index is 2.01. The summed E-state index contributed by atoms with van der Waals surface area (Å²) < 4.78 is 1.91. The van der Waals surface area contributed by atoms with Crippen molar-refractivity contribution in [3.05, 3.63) is 18.0 Å². The van der Waals surface area contributed by atoms with Crippen LogP contribution in [0.2, 0.25) is 0 Å². The SMILES string of the molecule is Cc1cnn(CC2=NCCCN2)c1. The van der Waals surface area contributed by atoms with Crippen LogP contribution >= 0.6 is 0 Å². The van der Waals surface area contributed by atoms with Gasteiger partial charge in [0.25, 0.3) is 0 Å². The minimum Gasteiger partial charge on any atom is -0.372 e. The Morgan fingerprint density at radius 2 is 2.54 bits per heavy atom. The molecule has 1 N–H and O–H groups in total. The zero-order valence-corrected chi connectivity index (χ0v) is 7.82. The highest BCUT2D eigenvalue weighted by Gasteiger charge is 2.04. The summed E-state index contributed by atoms with van der Waals surface area (Å²) in [6, 6.07) is 0. The molecule has 13 heavy (non-hydrogen) atoms. The van der Waals surface area contributed by atoms with E-state index in [1.165, 1.54) is 5.56 Å². The lowest BCUT2D eigenvalue weighted by molar-refractivity contribution is 0.664. The van der Waals surface area contributed by atoms with Crippen molar-refractivity contribution in [2.45, 2.75) is 19.9 Å². The summed E-state index contributed by atoms with van der Waals surface area (Å²) in [7, 11) is 0. The molecule has 4 heteroatoms. The summed E-state index contributed by atoms with van der Waals surface area (Å²) in [5.41, 5.74) is 1.19. The van der Waals surface area contributed by atoms with Gasteiger partial charge < -0.3 is 5.32 Å². The van der Waals surface area contributed by atoms with Crippen LogP contribution in [0.4, 0.5) is 0 Å². The molecule has 4 nitrogen and oxygen atoms in total. The van der Waals surface area contributed by atoms with Crippen molar-refractivity contribution < 1.29 is 0 Å². The van der Waals surface area contributed by atoms with Gasteiger partial charge in [-0.05, 0) is 18.9 Å². The average Bonchev–Trinajstić information content (AvgIpc) is 2.53. The molecule has 0 saturated carbocycles.